The van der Waals surface area contributed by atoms with Gasteiger partial charge >= 0.3 is 0 Å². The lowest BCUT2D eigenvalue weighted by Crippen LogP contribution is -2.43. The minimum Gasteiger partial charge on any atom is -0.368 e. The first-order chi connectivity index (χ1) is 12.5. The van der Waals surface area contributed by atoms with Gasteiger partial charge in [-0.1, -0.05) is 12.1 Å². The van der Waals surface area contributed by atoms with Crippen LogP contribution in [-0.4, -0.2) is 38.6 Å². The number of rotatable bonds is 3. The number of benzene rings is 2. The number of hydrogen-bond acceptors (Lipinski definition) is 4. The summed E-state index contributed by atoms with van der Waals surface area (Å²) in [6, 6.07) is 10.8. The van der Waals surface area contributed by atoms with E-state index in [1.165, 1.54) is 22.2 Å². The van der Waals surface area contributed by atoms with Gasteiger partial charge in [-0.3, -0.25) is 0 Å². The summed E-state index contributed by atoms with van der Waals surface area (Å²) in [5.74, 6) is -0.569. The third-order valence-electron chi connectivity index (χ3n) is 4.77. The number of halogens is 1. The SMILES string of the molecule is Cc1cn(S(=O)(=O)c2cccc(F)c2)c2cccc(N3CCNCC3)c12. The molecule has 0 radical (unpaired) electrons. The molecule has 3 aromatic rings. The summed E-state index contributed by atoms with van der Waals surface area (Å²) >= 11 is 0. The normalized spacial score (nSPS) is 15.5. The molecule has 0 unspecified atom stereocenters. The molecule has 1 aliphatic heterocycles. The fraction of sp³-hybridized carbons (Fsp3) is 0.263. The molecule has 2 aromatic carbocycles. The number of hydrogen-bond donors (Lipinski definition) is 1. The number of fused-ring (bicyclic) bond motifs is 1. The van der Waals surface area contributed by atoms with Gasteiger partial charge in [-0.15, -0.1) is 0 Å². The fourth-order valence-electron chi connectivity index (χ4n) is 3.54. The van der Waals surface area contributed by atoms with E-state index < -0.39 is 15.8 Å². The number of nitrogens with zero attached hydrogens (tertiary/aromatic N) is 2. The Balaban J connectivity index is 1.90. The molecule has 1 aliphatic rings. The molecule has 2 heterocycles. The zero-order valence-electron chi connectivity index (χ0n) is 14.4. The summed E-state index contributed by atoms with van der Waals surface area (Å²) in [6.07, 6.45) is 1.62. The number of aromatic nitrogens is 1. The van der Waals surface area contributed by atoms with Gasteiger partial charge in [-0.05, 0) is 42.8 Å². The van der Waals surface area contributed by atoms with Gasteiger partial charge in [-0.25, -0.2) is 16.8 Å². The summed E-state index contributed by atoms with van der Waals surface area (Å²) in [7, 11) is -3.87. The molecule has 1 N–H and O–H groups in total. The summed E-state index contributed by atoms with van der Waals surface area (Å²) in [6.45, 7) is 5.46. The zero-order valence-corrected chi connectivity index (χ0v) is 15.3. The highest BCUT2D eigenvalue weighted by Crippen LogP contribution is 2.33. The maximum atomic E-state index is 13.6. The van der Waals surface area contributed by atoms with Crippen molar-refractivity contribution in [1.29, 1.82) is 0 Å². The highest BCUT2D eigenvalue weighted by molar-refractivity contribution is 7.90. The first-order valence-corrected chi connectivity index (χ1v) is 10.00. The maximum Gasteiger partial charge on any atom is 0.268 e. The van der Waals surface area contributed by atoms with Crippen molar-refractivity contribution in [3.63, 3.8) is 0 Å². The van der Waals surface area contributed by atoms with Gasteiger partial charge in [-0.2, -0.15) is 0 Å². The molecule has 26 heavy (non-hydrogen) atoms. The zero-order chi connectivity index (χ0) is 18.3. The standard InChI is InChI=1S/C19H20FN3O2S/c1-14-13-23(26(24,25)16-5-2-4-15(20)12-16)18-7-3-6-17(19(14)18)22-10-8-21-9-11-22/h2-7,12-13,21H,8-11H2,1H3. The summed E-state index contributed by atoms with van der Waals surface area (Å²) in [4.78, 5) is 2.22. The monoisotopic (exact) mass is 373 g/mol. The van der Waals surface area contributed by atoms with Crippen LogP contribution >= 0.6 is 0 Å². The van der Waals surface area contributed by atoms with E-state index in [-0.39, 0.29) is 4.90 Å². The Labute approximate surface area is 152 Å². The predicted octanol–water partition coefficient (Wildman–Crippen LogP) is 2.74. The van der Waals surface area contributed by atoms with Gasteiger partial charge in [0, 0.05) is 43.4 Å². The molecular formula is C19H20FN3O2S. The maximum absolute atomic E-state index is 13.6. The Bertz CT molecular complexity index is 1070. The van der Waals surface area contributed by atoms with Crippen molar-refractivity contribution in [1.82, 2.24) is 9.29 Å². The average molecular weight is 373 g/mol. The van der Waals surface area contributed by atoms with Gasteiger partial charge in [0.2, 0.25) is 0 Å². The van der Waals surface area contributed by atoms with Crippen molar-refractivity contribution < 1.29 is 12.8 Å². The third kappa shape index (κ3) is 2.77. The molecular weight excluding hydrogens is 353 g/mol. The molecule has 0 saturated carbocycles. The lowest BCUT2D eigenvalue weighted by Gasteiger charge is -2.30. The van der Waals surface area contributed by atoms with Crippen LogP contribution in [0.4, 0.5) is 10.1 Å². The van der Waals surface area contributed by atoms with Crippen molar-refractivity contribution in [3.05, 3.63) is 60.0 Å². The van der Waals surface area contributed by atoms with E-state index >= 15 is 0 Å². The number of piperazine rings is 1. The minimum atomic E-state index is -3.87. The highest BCUT2D eigenvalue weighted by Gasteiger charge is 2.23. The lowest BCUT2D eigenvalue weighted by molar-refractivity contribution is 0.584. The van der Waals surface area contributed by atoms with Crippen LogP contribution in [0.15, 0.2) is 53.6 Å². The van der Waals surface area contributed by atoms with Crippen LogP contribution < -0.4 is 10.2 Å². The predicted molar refractivity (Wildman–Crippen MR) is 101 cm³/mol. The van der Waals surface area contributed by atoms with Gasteiger partial charge in [0.25, 0.3) is 10.0 Å². The average Bonchev–Trinajstić information content (AvgIpc) is 3.00. The van der Waals surface area contributed by atoms with Crippen molar-refractivity contribution >= 4 is 26.6 Å². The highest BCUT2D eigenvalue weighted by atomic mass is 32.2. The molecule has 1 fully saturated rings. The summed E-state index contributed by atoms with van der Waals surface area (Å²) < 4.78 is 41.0. The molecule has 7 heteroatoms. The molecule has 4 rings (SSSR count). The largest absolute Gasteiger partial charge is 0.368 e. The molecule has 0 amide bonds. The van der Waals surface area contributed by atoms with Crippen molar-refractivity contribution in [2.75, 3.05) is 31.1 Å². The minimum absolute atomic E-state index is 0.0537. The topological polar surface area (TPSA) is 54.3 Å². The first-order valence-electron chi connectivity index (χ1n) is 8.56. The molecule has 5 nitrogen and oxygen atoms in total. The van der Waals surface area contributed by atoms with E-state index in [0.717, 1.165) is 48.9 Å². The van der Waals surface area contributed by atoms with Crippen LogP contribution in [0.25, 0.3) is 10.9 Å². The summed E-state index contributed by atoms with van der Waals surface area (Å²) in [5.41, 5.74) is 2.53. The van der Waals surface area contributed by atoms with E-state index in [1.807, 2.05) is 19.1 Å². The van der Waals surface area contributed by atoms with E-state index in [0.29, 0.717) is 5.52 Å². The molecule has 136 valence electrons. The van der Waals surface area contributed by atoms with Crippen molar-refractivity contribution in [3.8, 4) is 0 Å². The number of anilines is 1. The number of aryl methyl sites for hydroxylation is 1. The fourth-order valence-corrected chi connectivity index (χ4v) is 4.98. The molecule has 0 aliphatic carbocycles. The first kappa shape index (κ1) is 17.1. The lowest BCUT2D eigenvalue weighted by atomic mass is 10.1. The van der Waals surface area contributed by atoms with Crippen LogP contribution in [0.1, 0.15) is 5.56 Å². The van der Waals surface area contributed by atoms with Crippen molar-refractivity contribution in [2.24, 2.45) is 0 Å². The summed E-state index contributed by atoms with van der Waals surface area (Å²) in [5, 5.41) is 4.25. The Kier molecular flexibility index (Phi) is 4.20. The van der Waals surface area contributed by atoms with E-state index in [1.54, 1.807) is 12.3 Å². The third-order valence-corrected chi connectivity index (χ3v) is 6.44. The molecule has 1 saturated heterocycles. The smallest absolute Gasteiger partial charge is 0.268 e. The Morgan fingerprint density at radius 2 is 1.81 bits per heavy atom. The second kappa shape index (κ2) is 6.41. The van der Waals surface area contributed by atoms with Gasteiger partial charge in [0.15, 0.2) is 0 Å². The van der Waals surface area contributed by atoms with Crippen LogP contribution in [0.2, 0.25) is 0 Å². The molecule has 0 spiro atoms. The van der Waals surface area contributed by atoms with Gasteiger partial charge in [0.05, 0.1) is 10.4 Å². The number of nitrogens with one attached hydrogen (secondary N) is 1. The second-order valence-corrected chi connectivity index (χ2v) is 8.29. The van der Waals surface area contributed by atoms with Gasteiger partial charge in [0.1, 0.15) is 5.82 Å². The van der Waals surface area contributed by atoms with Gasteiger partial charge < -0.3 is 10.2 Å². The van der Waals surface area contributed by atoms with Crippen LogP contribution in [0, 0.1) is 12.7 Å². The van der Waals surface area contributed by atoms with Crippen LogP contribution in [-0.2, 0) is 10.0 Å². The van der Waals surface area contributed by atoms with Crippen LogP contribution in [0.3, 0.4) is 0 Å². The molecule has 0 bridgehead atoms. The van der Waals surface area contributed by atoms with E-state index in [2.05, 4.69) is 10.2 Å². The Morgan fingerprint density at radius 1 is 1.08 bits per heavy atom. The van der Waals surface area contributed by atoms with E-state index in [9.17, 15) is 12.8 Å². The quantitative estimate of drug-likeness (QED) is 0.767. The Hall–Kier alpha value is -2.38. The second-order valence-electron chi connectivity index (χ2n) is 6.48. The van der Waals surface area contributed by atoms with E-state index in [4.69, 9.17) is 0 Å². The Morgan fingerprint density at radius 3 is 2.54 bits per heavy atom. The molecule has 1 aromatic heterocycles. The van der Waals surface area contributed by atoms with Crippen molar-refractivity contribution in [2.45, 2.75) is 11.8 Å². The molecule has 0 atom stereocenters. The van der Waals surface area contributed by atoms with Crippen LogP contribution in [0.5, 0.6) is 0 Å².